The molecule has 0 saturated heterocycles. The molecule has 0 aliphatic heterocycles. The lowest BCUT2D eigenvalue weighted by Gasteiger charge is -2.27. The van der Waals surface area contributed by atoms with Gasteiger partial charge in [0.05, 0.1) is 31.1 Å². The summed E-state index contributed by atoms with van der Waals surface area (Å²) in [6.07, 6.45) is 3.88. The zero-order valence-corrected chi connectivity index (χ0v) is 12.8. The number of nitrogens with one attached hydrogen (secondary N) is 1. The SMILES string of the molecule is CCCn1ncc(OC)c1C(NCC)C(CC)OC. The number of nitrogens with zero attached hydrogens (tertiary/aromatic N) is 2. The number of ether oxygens (including phenoxy) is 2. The van der Waals surface area contributed by atoms with Crippen LogP contribution in [-0.4, -0.2) is 36.6 Å². The molecule has 1 N–H and O–H groups in total. The maximum Gasteiger partial charge on any atom is 0.161 e. The van der Waals surface area contributed by atoms with E-state index >= 15 is 0 Å². The number of rotatable bonds is 9. The van der Waals surface area contributed by atoms with Crippen LogP contribution in [0.1, 0.15) is 45.3 Å². The molecule has 0 saturated carbocycles. The van der Waals surface area contributed by atoms with E-state index in [1.807, 2.05) is 4.68 Å². The fourth-order valence-electron chi connectivity index (χ4n) is 2.40. The van der Waals surface area contributed by atoms with Gasteiger partial charge in [0.2, 0.25) is 0 Å². The van der Waals surface area contributed by atoms with E-state index in [0.29, 0.717) is 0 Å². The molecular formula is C14H27N3O2. The average Bonchev–Trinajstić information content (AvgIpc) is 2.82. The van der Waals surface area contributed by atoms with Crippen molar-refractivity contribution >= 4 is 0 Å². The van der Waals surface area contributed by atoms with Gasteiger partial charge < -0.3 is 14.8 Å². The highest BCUT2D eigenvalue weighted by molar-refractivity contribution is 5.29. The van der Waals surface area contributed by atoms with Crippen molar-refractivity contribution in [2.75, 3.05) is 20.8 Å². The van der Waals surface area contributed by atoms with Crippen LogP contribution in [0.15, 0.2) is 6.20 Å². The van der Waals surface area contributed by atoms with E-state index in [0.717, 1.165) is 37.4 Å². The van der Waals surface area contributed by atoms with Crippen LogP contribution in [0.25, 0.3) is 0 Å². The zero-order chi connectivity index (χ0) is 14.3. The quantitative estimate of drug-likeness (QED) is 0.747. The number of hydrogen-bond donors (Lipinski definition) is 1. The molecular weight excluding hydrogens is 242 g/mol. The molecule has 1 heterocycles. The molecule has 1 aromatic rings. The van der Waals surface area contributed by atoms with Crippen LogP contribution >= 0.6 is 0 Å². The minimum Gasteiger partial charge on any atom is -0.493 e. The Morgan fingerprint density at radius 3 is 2.53 bits per heavy atom. The minimum absolute atomic E-state index is 0.101. The van der Waals surface area contributed by atoms with Crippen molar-refractivity contribution in [3.05, 3.63) is 11.9 Å². The van der Waals surface area contributed by atoms with Gasteiger partial charge in [0.1, 0.15) is 0 Å². The Kier molecular flexibility index (Phi) is 6.87. The largest absolute Gasteiger partial charge is 0.493 e. The Balaban J connectivity index is 3.14. The fraction of sp³-hybridized carbons (Fsp3) is 0.786. The number of aryl methyl sites for hydroxylation is 1. The van der Waals surface area contributed by atoms with Gasteiger partial charge in [-0.3, -0.25) is 4.68 Å². The normalized spacial score (nSPS) is 14.4. The third-order valence-corrected chi connectivity index (χ3v) is 3.30. The van der Waals surface area contributed by atoms with Gasteiger partial charge in [0, 0.05) is 13.7 Å². The van der Waals surface area contributed by atoms with E-state index in [-0.39, 0.29) is 12.1 Å². The second kappa shape index (κ2) is 8.17. The predicted molar refractivity (Wildman–Crippen MR) is 76.6 cm³/mol. The Labute approximate surface area is 116 Å². The second-order valence-corrected chi connectivity index (χ2v) is 4.54. The predicted octanol–water partition coefficient (Wildman–Crippen LogP) is 2.38. The van der Waals surface area contributed by atoms with E-state index in [1.165, 1.54) is 0 Å². The Morgan fingerprint density at radius 2 is 2.05 bits per heavy atom. The van der Waals surface area contributed by atoms with Crippen LogP contribution in [0.4, 0.5) is 0 Å². The van der Waals surface area contributed by atoms with Crippen LogP contribution in [0.3, 0.4) is 0 Å². The lowest BCUT2D eigenvalue weighted by atomic mass is 10.0. The van der Waals surface area contributed by atoms with E-state index in [1.54, 1.807) is 20.4 Å². The third-order valence-electron chi connectivity index (χ3n) is 3.30. The standard InChI is InChI=1S/C14H27N3O2/c1-6-9-17-14(12(19-5)10-16-17)13(15-8-3)11(7-2)18-4/h10-11,13,15H,6-9H2,1-5H3. The lowest BCUT2D eigenvalue weighted by Crippen LogP contribution is -2.35. The van der Waals surface area contributed by atoms with E-state index in [2.05, 4.69) is 31.2 Å². The van der Waals surface area contributed by atoms with Crippen LogP contribution < -0.4 is 10.1 Å². The van der Waals surface area contributed by atoms with Crippen molar-refractivity contribution in [1.29, 1.82) is 0 Å². The van der Waals surface area contributed by atoms with Crippen molar-refractivity contribution < 1.29 is 9.47 Å². The summed E-state index contributed by atoms with van der Waals surface area (Å²) in [5.74, 6) is 0.829. The number of methoxy groups -OCH3 is 2. The van der Waals surface area contributed by atoms with Crippen molar-refractivity contribution in [2.45, 2.75) is 52.3 Å². The monoisotopic (exact) mass is 269 g/mol. The van der Waals surface area contributed by atoms with Gasteiger partial charge in [-0.2, -0.15) is 5.10 Å². The summed E-state index contributed by atoms with van der Waals surface area (Å²) in [4.78, 5) is 0. The summed E-state index contributed by atoms with van der Waals surface area (Å²) in [7, 11) is 3.44. The molecule has 0 fully saturated rings. The van der Waals surface area contributed by atoms with Gasteiger partial charge in [0.25, 0.3) is 0 Å². The molecule has 2 atom stereocenters. The highest BCUT2D eigenvalue weighted by Gasteiger charge is 2.27. The first-order chi connectivity index (χ1) is 9.23. The topological polar surface area (TPSA) is 48.3 Å². The molecule has 19 heavy (non-hydrogen) atoms. The Bertz CT molecular complexity index is 362. The van der Waals surface area contributed by atoms with Crippen molar-refractivity contribution in [3.8, 4) is 5.75 Å². The molecule has 0 aliphatic carbocycles. The van der Waals surface area contributed by atoms with Crippen molar-refractivity contribution in [1.82, 2.24) is 15.1 Å². The first-order valence-corrected chi connectivity index (χ1v) is 7.09. The molecule has 2 unspecified atom stereocenters. The van der Waals surface area contributed by atoms with Crippen molar-refractivity contribution in [3.63, 3.8) is 0 Å². The minimum atomic E-state index is 0.101. The molecule has 0 aliphatic rings. The highest BCUT2D eigenvalue weighted by atomic mass is 16.5. The van der Waals surface area contributed by atoms with E-state index < -0.39 is 0 Å². The van der Waals surface area contributed by atoms with Gasteiger partial charge in [-0.1, -0.05) is 20.8 Å². The second-order valence-electron chi connectivity index (χ2n) is 4.54. The van der Waals surface area contributed by atoms with E-state index in [4.69, 9.17) is 9.47 Å². The molecule has 1 aromatic heterocycles. The number of aromatic nitrogens is 2. The van der Waals surface area contributed by atoms with Crippen molar-refractivity contribution in [2.24, 2.45) is 0 Å². The molecule has 5 heteroatoms. The molecule has 0 spiro atoms. The molecule has 1 rings (SSSR count). The summed E-state index contributed by atoms with van der Waals surface area (Å²) < 4.78 is 13.1. The fourth-order valence-corrected chi connectivity index (χ4v) is 2.40. The molecule has 0 bridgehead atoms. The average molecular weight is 269 g/mol. The maximum atomic E-state index is 5.61. The highest BCUT2D eigenvalue weighted by Crippen LogP contribution is 2.29. The maximum absolute atomic E-state index is 5.61. The van der Waals surface area contributed by atoms with Gasteiger partial charge in [-0.25, -0.2) is 0 Å². The first-order valence-electron chi connectivity index (χ1n) is 7.09. The van der Waals surface area contributed by atoms with Gasteiger partial charge >= 0.3 is 0 Å². The molecule has 0 aromatic carbocycles. The Hall–Kier alpha value is -1.07. The molecule has 5 nitrogen and oxygen atoms in total. The number of likely N-dealkylation sites (N-methyl/N-ethyl adjacent to an activating group) is 1. The van der Waals surface area contributed by atoms with Crippen LogP contribution in [-0.2, 0) is 11.3 Å². The lowest BCUT2D eigenvalue weighted by molar-refractivity contribution is 0.0618. The summed E-state index contributed by atoms with van der Waals surface area (Å²) in [5, 5.41) is 7.92. The van der Waals surface area contributed by atoms with Gasteiger partial charge in [-0.15, -0.1) is 0 Å². The van der Waals surface area contributed by atoms with Crippen LogP contribution in [0, 0.1) is 0 Å². The summed E-state index contributed by atoms with van der Waals surface area (Å²) in [6, 6.07) is 0.101. The summed E-state index contributed by atoms with van der Waals surface area (Å²) in [5.41, 5.74) is 1.08. The van der Waals surface area contributed by atoms with Crippen LogP contribution in [0.5, 0.6) is 5.75 Å². The van der Waals surface area contributed by atoms with Gasteiger partial charge in [0.15, 0.2) is 5.75 Å². The van der Waals surface area contributed by atoms with Gasteiger partial charge in [-0.05, 0) is 19.4 Å². The summed E-state index contributed by atoms with van der Waals surface area (Å²) >= 11 is 0. The molecule has 0 amide bonds. The number of hydrogen-bond acceptors (Lipinski definition) is 4. The smallest absolute Gasteiger partial charge is 0.161 e. The van der Waals surface area contributed by atoms with Crippen LogP contribution in [0.2, 0.25) is 0 Å². The Morgan fingerprint density at radius 1 is 1.32 bits per heavy atom. The third kappa shape index (κ3) is 3.70. The molecule has 110 valence electrons. The zero-order valence-electron chi connectivity index (χ0n) is 12.8. The van der Waals surface area contributed by atoms with E-state index in [9.17, 15) is 0 Å². The molecule has 0 radical (unpaired) electrons. The first kappa shape index (κ1) is 16.0. The summed E-state index contributed by atoms with van der Waals surface area (Å²) in [6.45, 7) is 8.15.